The van der Waals surface area contributed by atoms with Gasteiger partial charge in [-0.15, -0.1) is 0 Å². The van der Waals surface area contributed by atoms with Gasteiger partial charge in [-0.3, -0.25) is 13.9 Å². The Hall–Kier alpha value is -1.71. The zero-order valence-electron chi connectivity index (χ0n) is 21.2. The van der Waals surface area contributed by atoms with Crippen LogP contribution in [0.25, 0.3) is 0 Å². The van der Waals surface area contributed by atoms with Gasteiger partial charge in [0.05, 0.1) is 17.0 Å². The molecular formula is C26H31Cl4N3O4S. The molecule has 0 heterocycles. The first-order valence-electron chi connectivity index (χ1n) is 12.3. The molecule has 2 aromatic carbocycles. The number of amides is 2. The number of hydrogen-bond donors (Lipinski definition) is 1. The highest BCUT2D eigenvalue weighted by molar-refractivity contribution is 7.92. The predicted octanol–water partition coefficient (Wildman–Crippen LogP) is 6.32. The highest BCUT2D eigenvalue weighted by Gasteiger charge is 2.29. The minimum atomic E-state index is -3.71. The number of carbonyl (C=O) groups is 2. The van der Waals surface area contributed by atoms with E-state index in [1.165, 1.54) is 17.0 Å². The van der Waals surface area contributed by atoms with Crippen molar-refractivity contribution in [2.24, 2.45) is 0 Å². The number of carbonyl (C=O) groups excluding carboxylic acids is 2. The van der Waals surface area contributed by atoms with Crippen molar-refractivity contribution in [1.29, 1.82) is 0 Å². The molecule has 3 rings (SSSR count). The van der Waals surface area contributed by atoms with Crippen molar-refractivity contribution in [1.82, 2.24) is 10.2 Å². The maximum atomic E-state index is 13.5. The molecule has 1 saturated carbocycles. The molecule has 0 spiro atoms. The van der Waals surface area contributed by atoms with Gasteiger partial charge in [-0.1, -0.05) is 65.3 Å². The molecular weight excluding hydrogens is 592 g/mol. The van der Waals surface area contributed by atoms with Crippen molar-refractivity contribution < 1.29 is 18.0 Å². The summed E-state index contributed by atoms with van der Waals surface area (Å²) in [5.41, 5.74) is 0.886. The Morgan fingerprint density at radius 1 is 1.00 bits per heavy atom. The molecule has 208 valence electrons. The Kier molecular flexibility index (Phi) is 11.0. The number of nitrogens with one attached hydrogen (secondary N) is 1. The van der Waals surface area contributed by atoms with Crippen LogP contribution in [0.4, 0.5) is 5.69 Å². The predicted molar refractivity (Wildman–Crippen MR) is 155 cm³/mol. The number of nitrogens with zero attached hydrogens (tertiary/aromatic N) is 2. The first kappa shape index (κ1) is 30.8. The summed E-state index contributed by atoms with van der Waals surface area (Å²) in [6, 6.07) is 8.88. The van der Waals surface area contributed by atoms with E-state index in [0.717, 1.165) is 36.2 Å². The van der Waals surface area contributed by atoms with Gasteiger partial charge in [-0.25, -0.2) is 8.42 Å². The quantitative estimate of drug-likeness (QED) is 0.318. The lowest BCUT2D eigenvalue weighted by Gasteiger charge is -2.30. The fraction of sp³-hybridized carbons (Fsp3) is 0.462. The van der Waals surface area contributed by atoms with E-state index in [1.807, 2.05) is 0 Å². The molecule has 1 atom stereocenters. The molecule has 7 nitrogen and oxygen atoms in total. The standard InChI is InChI=1S/C26H31Cl4N3O4S/c1-17(26(35)31-21-6-3-4-7-21)32(16-18-9-10-19(27)14-23(18)30)25(34)8-5-13-33(38(2,36)37)24-15-20(28)11-12-22(24)29/h9-12,14-15,17,21H,3-8,13,16H2,1-2H3,(H,31,35). The van der Waals surface area contributed by atoms with Crippen molar-refractivity contribution in [3.8, 4) is 0 Å². The molecule has 1 aliphatic carbocycles. The third kappa shape index (κ3) is 8.39. The maximum absolute atomic E-state index is 13.5. The Balaban J connectivity index is 1.77. The number of sulfonamides is 1. The average Bonchev–Trinajstić information content (AvgIpc) is 3.35. The van der Waals surface area contributed by atoms with Crippen LogP contribution < -0.4 is 9.62 Å². The summed E-state index contributed by atoms with van der Waals surface area (Å²) in [5.74, 6) is -0.547. The highest BCUT2D eigenvalue weighted by atomic mass is 35.5. The Bertz CT molecular complexity index is 1270. The summed E-state index contributed by atoms with van der Waals surface area (Å²) in [6.07, 6.45) is 5.22. The van der Waals surface area contributed by atoms with E-state index >= 15 is 0 Å². The highest BCUT2D eigenvalue weighted by Crippen LogP contribution is 2.31. The van der Waals surface area contributed by atoms with Gasteiger partial charge in [0, 0.05) is 40.6 Å². The maximum Gasteiger partial charge on any atom is 0.242 e. The van der Waals surface area contributed by atoms with E-state index in [0.29, 0.717) is 20.6 Å². The summed E-state index contributed by atoms with van der Waals surface area (Å²) in [6.45, 7) is 1.79. The van der Waals surface area contributed by atoms with Gasteiger partial charge in [-0.05, 0) is 62.1 Å². The van der Waals surface area contributed by atoms with Crippen LogP contribution in [-0.4, -0.2) is 50.0 Å². The van der Waals surface area contributed by atoms with Gasteiger partial charge in [-0.2, -0.15) is 0 Å². The molecule has 1 aliphatic rings. The van der Waals surface area contributed by atoms with E-state index in [1.54, 1.807) is 31.2 Å². The zero-order valence-corrected chi connectivity index (χ0v) is 25.1. The number of hydrogen-bond acceptors (Lipinski definition) is 4. The normalized spacial score (nSPS) is 14.8. The van der Waals surface area contributed by atoms with Crippen LogP contribution in [0.3, 0.4) is 0 Å². The molecule has 38 heavy (non-hydrogen) atoms. The first-order valence-corrected chi connectivity index (χ1v) is 15.7. The number of benzene rings is 2. The fourth-order valence-corrected chi connectivity index (χ4v) is 6.34. The molecule has 0 aliphatic heterocycles. The number of anilines is 1. The minimum absolute atomic E-state index is 0.00281. The molecule has 2 amide bonds. The van der Waals surface area contributed by atoms with Crippen LogP contribution in [-0.2, 0) is 26.2 Å². The Labute approximate surface area is 244 Å². The number of halogens is 4. The largest absolute Gasteiger partial charge is 0.352 e. The molecule has 1 N–H and O–H groups in total. The third-order valence-corrected chi connectivity index (χ3v) is 8.88. The molecule has 1 fully saturated rings. The van der Waals surface area contributed by atoms with Crippen molar-refractivity contribution >= 4 is 73.9 Å². The summed E-state index contributed by atoms with van der Waals surface area (Å²) in [4.78, 5) is 28.0. The average molecular weight is 623 g/mol. The van der Waals surface area contributed by atoms with Crippen LogP contribution in [0.2, 0.25) is 20.1 Å². The topological polar surface area (TPSA) is 86.8 Å². The zero-order chi connectivity index (χ0) is 28.0. The summed E-state index contributed by atoms with van der Waals surface area (Å²) >= 11 is 24.7. The lowest BCUT2D eigenvalue weighted by molar-refractivity contribution is -0.140. The van der Waals surface area contributed by atoms with Crippen LogP contribution in [0.5, 0.6) is 0 Å². The van der Waals surface area contributed by atoms with Crippen molar-refractivity contribution in [2.75, 3.05) is 17.1 Å². The van der Waals surface area contributed by atoms with E-state index in [9.17, 15) is 18.0 Å². The smallest absolute Gasteiger partial charge is 0.242 e. The Morgan fingerprint density at radius 3 is 2.26 bits per heavy atom. The Morgan fingerprint density at radius 2 is 1.63 bits per heavy atom. The van der Waals surface area contributed by atoms with Crippen LogP contribution in [0, 0.1) is 0 Å². The summed E-state index contributed by atoms with van der Waals surface area (Å²) in [7, 11) is -3.71. The minimum Gasteiger partial charge on any atom is -0.352 e. The first-order chi connectivity index (χ1) is 17.9. The summed E-state index contributed by atoms with van der Waals surface area (Å²) < 4.78 is 26.2. The molecule has 0 bridgehead atoms. The van der Waals surface area contributed by atoms with E-state index < -0.39 is 16.1 Å². The number of rotatable bonds is 11. The third-order valence-electron chi connectivity index (χ3n) is 6.55. The second-order valence-corrected chi connectivity index (χ2v) is 13.1. The molecule has 0 saturated heterocycles. The van der Waals surface area contributed by atoms with Gasteiger partial charge in [0.15, 0.2) is 0 Å². The van der Waals surface area contributed by atoms with Crippen molar-refractivity contribution in [3.63, 3.8) is 0 Å². The van der Waals surface area contributed by atoms with E-state index in [4.69, 9.17) is 46.4 Å². The molecule has 0 aromatic heterocycles. The lowest BCUT2D eigenvalue weighted by Crippen LogP contribution is -2.49. The SMILES string of the molecule is CC(C(=O)NC1CCCC1)N(Cc1ccc(Cl)cc1Cl)C(=O)CCCN(c1cc(Cl)ccc1Cl)S(C)(=O)=O. The fourth-order valence-electron chi connectivity index (χ4n) is 4.47. The lowest BCUT2D eigenvalue weighted by atomic mass is 10.1. The van der Waals surface area contributed by atoms with Crippen LogP contribution in [0.1, 0.15) is 51.0 Å². The second kappa shape index (κ2) is 13.6. The molecule has 12 heteroatoms. The van der Waals surface area contributed by atoms with Gasteiger partial charge in [0.2, 0.25) is 21.8 Å². The van der Waals surface area contributed by atoms with Crippen LogP contribution >= 0.6 is 46.4 Å². The van der Waals surface area contributed by atoms with Crippen molar-refractivity contribution in [2.45, 2.75) is 64.1 Å². The second-order valence-electron chi connectivity index (χ2n) is 9.46. The van der Waals surface area contributed by atoms with Gasteiger partial charge in [0.1, 0.15) is 6.04 Å². The van der Waals surface area contributed by atoms with E-state index in [2.05, 4.69) is 5.32 Å². The van der Waals surface area contributed by atoms with E-state index in [-0.39, 0.29) is 54.5 Å². The van der Waals surface area contributed by atoms with Gasteiger partial charge < -0.3 is 10.2 Å². The van der Waals surface area contributed by atoms with Gasteiger partial charge >= 0.3 is 0 Å². The molecule has 1 unspecified atom stereocenters. The van der Waals surface area contributed by atoms with Gasteiger partial charge in [0.25, 0.3) is 0 Å². The monoisotopic (exact) mass is 621 g/mol. The van der Waals surface area contributed by atoms with Crippen LogP contribution in [0.15, 0.2) is 36.4 Å². The molecule has 2 aromatic rings. The van der Waals surface area contributed by atoms with Crippen molar-refractivity contribution in [3.05, 3.63) is 62.1 Å². The molecule has 0 radical (unpaired) electrons. The summed E-state index contributed by atoms with van der Waals surface area (Å²) in [5, 5.41) is 4.46.